The fourth-order valence-electron chi connectivity index (χ4n) is 6.28. The summed E-state index contributed by atoms with van der Waals surface area (Å²) < 4.78 is 5.31. The van der Waals surface area contributed by atoms with Crippen LogP contribution in [0.5, 0.6) is 5.75 Å². The number of methoxy groups -OCH3 is 1. The first-order chi connectivity index (χ1) is 9.86. The Hall–Kier alpha value is -1.18. The lowest BCUT2D eigenvalue weighted by Crippen LogP contribution is -2.36. The molecule has 3 aliphatic carbocycles. The molecule has 4 fully saturated rings. The van der Waals surface area contributed by atoms with Crippen LogP contribution < -0.4 is 9.64 Å². The summed E-state index contributed by atoms with van der Waals surface area (Å²) in [5, 5.41) is 0. The van der Waals surface area contributed by atoms with Gasteiger partial charge >= 0.3 is 0 Å². The molecule has 0 spiro atoms. The summed E-state index contributed by atoms with van der Waals surface area (Å²) in [7, 11) is 1.75. The molecule has 2 unspecified atom stereocenters. The molecule has 0 amide bonds. The van der Waals surface area contributed by atoms with E-state index in [1.165, 1.54) is 31.4 Å². The van der Waals surface area contributed by atoms with Gasteiger partial charge in [0.1, 0.15) is 5.75 Å². The molecule has 0 bridgehead atoms. The lowest BCUT2D eigenvalue weighted by atomic mass is 9.90. The summed E-state index contributed by atoms with van der Waals surface area (Å²) in [5.74, 6) is 5.13. The molecule has 1 heterocycles. The van der Waals surface area contributed by atoms with E-state index in [1.54, 1.807) is 13.5 Å². The molecule has 0 radical (unpaired) electrons. The van der Waals surface area contributed by atoms with Gasteiger partial charge < -0.3 is 9.64 Å². The minimum absolute atomic E-state index is 0.841. The second kappa shape index (κ2) is 3.93. The molecule has 1 aromatic rings. The maximum Gasteiger partial charge on any atom is 0.119 e. The highest BCUT2D eigenvalue weighted by atomic mass is 16.5. The first-order valence-corrected chi connectivity index (χ1v) is 8.29. The van der Waals surface area contributed by atoms with Crippen molar-refractivity contribution in [3.05, 3.63) is 24.3 Å². The van der Waals surface area contributed by atoms with E-state index in [1.807, 2.05) is 0 Å². The van der Waals surface area contributed by atoms with Crippen molar-refractivity contribution in [1.29, 1.82) is 0 Å². The van der Waals surface area contributed by atoms with Gasteiger partial charge in [-0.1, -0.05) is 0 Å². The van der Waals surface area contributed by atoms with Crippen LogP contribution in [0.3, 0.4) is 0 Å². The van der Waals surface area contributed by atoms with E-state index in [0.717, 1.165) is 41.5 Å². The number of hydrogen-bond donors (Lipinski definition) is 0. The van der Waals surface area contributed by atoms with Gasteiger partial charge in [0.25, 0.3) is 0 Å². The zero-order valence-electron chi connectivity index (χ0n) is 12.2. The molecule has 5 rings (SSSR count). The molecule has 106 valence electrons. The zero-order chi connectivity index (χ0) is 13.3. The van der Waals surface area contributed by atoms with E-state index >= 15 is 0 Å². The monoisotopic (exact) mass is 269 g/mol. The van der Waals surface area contributed by atoms with Crippen LogP contribution in [-0.4, -0.2) is 19.2 Å². The van der Waals surface area contributed by atoms with E-state index < -0.39 is 0 Å². The van der Waals surface area contributed by atoms with Crippen LogP contribution in [-0.2, 0) is 0 Å². The van der Waals surface area contributed by atoms with Crippen molar-refractivity contribution < 1.29 is 4.74 Å². The standard InChI is InChI=1S/C18H23NO/c1-20-14-6-4-13(5-7-14)19-15-8-2-11-10-12-3-9-16(19)18(12)17(11)15/h4-7,11-12,15-18H,2-3,8-10H2,1H3/t11-,12+,15?,16?,17+,18-. The zero-order valence-corrected chi connectivity index (χ0v) is 12.2. The van der Waals surface area contributed by atoms with E-state index in [9.17, 15) is 0 Å². The quantitative estimate of drug-likeness (QED) is 0.811. The van der Waals surface area contributed by atoms with Crippen LogP contribution in [0.25, 0.3) is 0 Å². The Morgan fingerprint density at radius 3 is 2.05 bits per heavy atom. The number of anilines is 1. The molecular formula is C18H23NO. The average molecular weight is 269 g/mol. The maximum absolute atomic E-state index is 5.31. The Bertz CT molecular complexity index is 501. The van der Waals surface area contributed by atoms with Crippen LogP contribution in [0.15, 0.2) is 24.3 Å². The second-order valence-electron chi connectivity index (χ2n) is 7.31. The SMILES string of the molecule is COc1ccc(N2C3CC[C@@H]4C[C@@H]5CCC2[C@@H]5[C@H]34)cc1. The Kier molecular flexibility index (Phi) is 2.25. The van der Waals surface area contributed by atoms with Gasteiger partial charge in [-0.15, -0.1) is 0 Å². The van der Waals surface area contributed by atoms with Crippen molar-refractivity contribution in [2.45, 2.75) is 44.2 Å². The highest BCUT2D eigenvalue weighted by Gasteiger charge is 2.62. The van der Waals surface area contributed by atoms with Crippen LogP contribution in [0.4, 0.5) is 5.69 Å². The molecule has 1 saturated heterocycles. The molecule has 4 aliphatic rings. The fourth-order valence-corrected chi connectivity index (χ4v) is 6.28. The summed E-state index contributed by atoms with van der Waals surface area (Å²) in [4.78, 5) is 2.81. The Morgan fingerprint density at radius 1 is 0.900 bits per heavy atom. The average Bonchev–Trinajstić information content (AvgIpc) is 3.18. The summed E-state index contributed by atoms with van der Waals surface area (Å²) in [6.07, 6.45) is 7.39. The molecule has 0 N–H and O–H groups in total. The van der Waals surface area contributed by atoms with E-state index in [2.05, 4.69) is 29.2 Å². The van der Waals surface area contributed by atoms with Gasteiger partial charge in [-0.05, 0) is 80.0 Å². The first-order valence-electron chi connectivity index (χ1n) is 8.29. The van der Waals surface area contributed by atoms with Crippen LogP contribution in [0.2, 0.25) is 0 Å². The topological polar surface area (TPSA) is 12.5 Å². The van der Waals surface area contributed by atoms with Gasteiger partial charge in [-0.2, -0.15) is 0 Å². The molecule has 1 aromatic carbocycles. The molecule has 20 heavy (non-hydrogen) atoms. The van der Waals surface area contributed by atoms with Crippen LogP contribution in [0.1, 0.15) is 32.1 Å². The summed E-state index contributed by atoms with van der Waals surface area (Å²) in [6.45, 7) is 0. The summed E-state index contributed by atoms with van der Waals surface area (Å²) in [5.41, 5.74) is 1.44. The Labute approximate surface area is 121 Å². The number of hydrogen-bond acceptors (Lipinski definition) is 2. The van der Waals surface area contributed by atoms with Crippen molar-refractivity contribution in [2.75, 3.05) is 12.0 Å². The van der Waals surface area contributed by atoms with Crippen LogP contribution in [0, 0.1) is 23.7 Å². The van der Waals surface area contributed by atoms with Crippen LogP contribution >= 0.6 is 0 Å². The minimum Gasteiger partial charge on any atom is -0.497 e. The molecule has 6 atom stereocenters. The van der Waals surface area contributed by atoms with Crippen molar-refractivity contribution in [1.82, 2.24) is 0 Å². The van der Waals surface area contributed by atoms with Gasteiger partial charge in [0.05, 0.1) is 7.11 Å². The predicted molar refractivity (Wildman–Crippen MR) is 80.1 cm³/mol. The molecule has 2 nitrogen and oxygen atoms in total. The smallest absolute Gasteiger partial charge is 0.119 e. The van der Waals surface area contributed by atoms with Gasteiger partial charge in [-0.3, -0.25) is 0 Å². The van der Waals surface area contributed by atoms with E-state index in [0.29, 0.717) is 0 Å². The van der Waals surface area contributed by atoms with Gasteiger partial charge in [-0.25, -0.2) is 0 Å². The lowest BCUT2D eigenvalue weighted by Gasteiger charge is -2.31. The highest BCUT2D eigenvalue weighted by Crippen LogP contribution is 2.64. The van der Waals surface area contributed by atoms with E-state index in [4.69, 9.17) is 4.74 Å². The first kappa shape index (κ1) is 11.5. The molecule has 0 aromatic heterocycles. The number of benzene rings is 1. The number of ether oxygens (including phenoxy) is 1. The summed E-state index contributed by atoms with van der Waals surface area (Å²) in [6, 6.07) is 10.5. The minimum atomic E-state index is 0.841. The second-order valence-corrected chi connectivity index (χ2v) is 7.31. The van der Waals surface area contributed by atoms with Gasteiger partial charge in [0, 0.05) is 17.8 Å². The normalized spacial score (nSPS) is 44.1. The van der Waals surface area contributed by atoms with Gasteiger partial charge in [0.15, 0.2) is 0 Å². The third kappa shape index (κ3) is 1.30. The molecule has 2 heteroatoms. The predicted octanol–water partition coefficient (Wildman–Crippen LogP) is 3.71. The van der Waals surface area contributed by atoms with Crippen molar-refractivity contribution in [3.63, 3.8) is 0 Å². The van der Waals surface area contributed by atoms with Crippen molar-refractivity contribution in [3.8, 4) is 5.75 Å². The third-order valence-corrected chi connectivity index (χ3v) is 6.78. The van der Waals surface area contributed by atoms with Crippen molar-refractivity contribution in [2.24, 2.45) is 23.7 Å². The lowest BCUT2D eigenvalue weighted by molar-refractivity contribution is 0.369. The largest absolute Gasteiger partial charge is 0.497 e. The number of rotatable bonds is 2. The molecular weight excluding hydrogens is 246 g/mol. The highest BCUT2D eigenvalue weighted by molar-refractivity contribution is 5.54. The van der Waals surface area contributed by atoms with Gasteiger partial charge in [0.2, 0.25) is 0 Å². The van der Waals surface area contributed by atoms with E-state index in [-0.39, 0.29) is 0 Å². The van der Waals surface area contributed by atoms with Crippen molar-refractivity contribution >= 4 is 5.69 Å². The summed E-state index contributed by atoms with van der Waals surface area (Å²) >= 11 is 0. The fraction of sp³-hybridized carbons (Fsp3) is 0.667. The molecule has 3 saturated carbocycles. The molecule has 1 aliphatic heterocycles. The maximum atomic E-state index is 5.31. The third-order valence-electron chi connectivity index (χ3n) is 6.78. The number of nitrogens with zero attached hydrogens (tertiary/aromatic N) is 1. The Balaban J connectivity index is 1.54. The Morgan fingerprint density at radius 2 is 1.50 bits per heavy atom.